The standard InChI is InChI=1S/C23H20N2O3S/c1-15-12-19(27-2)20(28-3)13-18(15)25-23(26)17-9-5-7-11-22(17)29-21-10-6-4-8-16(21)14-24/h4-13H,1-3H3,(H,25,26). The monoisotopic (exact) mass is 404 g/mol. The number of nitrogens with one attached hydrogen (secondary N) is 1. The first-order chi connectivity index (χ1) is 14.1. The summed E-state index contributed by atoms with van der Waals surface area (Å²) in [6, 6.07) is 20.4. The molecule has 0 atom stereocenters. The molecule has 0 aliphatic heterocycles. The van der Waals surface area contributed by atoms with Gasteiger partial charge in [-0.1, -0.05) is 36.0 Å². The number of aryl methyl sites for hydroxylation is 1. The van der Waals surface area contributed by atoms with Crippen LogP contribution < -0.4 is 14.8 Å². The van der Waals surface area contributed by atoms with Crippen LogP contribution in [0.15, 0.2) is 70.5 Å². The van der Waals surface area contributed by atoms with Gasteiger partial charge in [0.2, 0.25) is 0 Å². The Hall–Kier alpha value is -3.43. The van der Waals surface area contributed by atoms with Crippen molar-refractivity contribution in [1.29, 1.82) is 5.26 Å². The molecule has 146 valence electrons. The Bertz CT molecular complexity index is 1090. The normalized spacial score (nSPS) is 10.1. The lowest BCUT2D eigenvalue weighted by molar-refractivity contribution is 0.102. The highest BCUT2D eigenvalue weighted by molar-refractivity contribution is 7.99. The predicted octanol–water partition coefficient (Wildman–Crippen LogP) is 5.29. The van der Waals surface area contributed by atoms with Gasteiger partial charge in [-0.05, 0) is 42.8 Å². The molecule has 0 bridgehead atoms. The van der Waals surface area contributed by atoms with Crippen molar-refractivity contribution in [2.75, 3.05) is 19.5 Å². The zero-order valence-electron chi connectivity index (χ0n) is 16.4. The van der Waals surface area contributed by atoms with E-state index in [0.717, 1.165) is 15.4 Å². The molecule has 0 unspecified atom stereocenters. The third kappa shape index (κ3) is 4.53. The molecule has 0 saturated carbocycles. The maximum absolute atomic E-state index is 13.0. The van der Waals surface area contributed by atoms with Gasteiger partial charge in [0.1, 0.15) is 6.07 Å². The Morgan fingerprint density at radius 1 is 0.966 bits per heavy atom. The summed E-state index contributed by atoms with van der Waals surface area (Å²) in [6.45, 7) is 1.89. The number of carbonyl (C=O) groups excluding carboxylic acids is 1. The third-order valence-electron chi connectivity index (χ3n) is 4.34. The molecule has 0 aliphatic rings. The van der Waals surface area contributed by atoms with Gasteiger partial charge in [-0.15, -0.1) is 0 Å². The van der Waals surface area contributed by atoms with E-state index in [4.69, 9.17) is 9.47 Å². The smallest absolute Gasteiger partial charge is 0.256 e. The number of benzene rings is 3. The second-order valence-electron chi connectivity index (χ2n) is 6.18. The minimum Gasteiger partial charge on any atom is -0.493 e. The van der Waals surface area contributed by atoms with Crippen LogP contribution in [0.1, 0.15) is 21.5 Å². The van der Waals surface area contributed by atoms with E-state index >= 15 is 0 Å². The second kappa shape index (κ2) is 9.18. The van der Waals surface area contributed by atoms with Crippen LogP contribution in [0.2, 0.25) is 0 Å². The number of nitrogens with zero attached hydrogens (tertiary/aromatic N) is 1. The van der Waals surface area contributed by atoms with E-state index in [1.165, 1.54) is 11.8 Å². The predicted molar refractivity (Wildman–Crippen MR) is 114 cm³/mol. The molecule has 1 amide bonds. The Morgan fingerprint density at radius 2 is 1.59 bits per heavy atom. The fraction of sp³-hybridized carbons (Fsp3) is 0.130. The number of nitriles is 1. The van der Waals surface area contributed by atoms with Crippen LogP contribution in [0.4, 0.5) is 5.69 Å². The lowest BCUT2D eigenvalue weighted by Crippen LogP contribution is -2.14. The Labute approximate surface area is 174 Å². The molecule has 0 spiro atoms. The van der Waals surface area contributed by atoms with Crippen molar-refractivity contribution < 1.29 is 14.3 Å². The number of methoxy groups -OCH3 is 2. The number of hydrogen-bond acceptors (Lipinski definition) is 5. The Kier molecular flexibility index (Phi) is 6.43. The van der Waals surface area contributed by atoms with Crippen LogP contribution in [0.3, 0.4) is 0 Å². The van der Waals surface area contributed by atoms with Crippen LogP contribution >= 0.6 is 11.8 Å². The zero-order chi connectivity index (χ0) is 20.8. The minimum absolute atomic E-state index is 0.238. The first-order valence-electron chi connectivity index (χ1n) is 8.87. The van der Waals surface area contributed by atoms with Gasteiger partial charge in [-0.2, -0.15) is 5.26 Å². The summed E-state index contributed by atoms with van der Waals surface area (Å²) in [7, 11) is 3.12. The lowest BCUT2D eigenvalue weighted by Gasteiger charge is -2.15. The molecule has 0 aromatic heterocycles. The van der Waals surface area contributed by atoms with Crippen LogP contribution in [-0.2, 0) is 0 Å². The quantitative estimate of drug-likeness (QED) is 0.605. The third-order valence-corrected chi connectivity index (χ3v) is 5.49. The van der Waals surface area contributed by atoms with Crippen molar-refractivity contribution in [3.05, 3.63) is 77.4 Å². The van der Waals surface area contributed by atoms with E-state index < -0.39 is 0 Å². The van der Waals surface area contributed by atoms with Gasteiger partial charge < -0.3 is 14.8 Å². The summed E-state index contributed by atoms with van der Waals surface area (Å²) < 4.78 is 10.6. The van der Waals surface area contributed by atoms with Gasteiger partial charge in [0.15, 0.2) is 11.5 Å². The summed E-state index contributed by atoms with van der Waals surface area (Å²) in [6.07, 6.45) is 0. The van der Waals surface area contributed by atoms with E-state index in [1.807, 2.05) is 49.4 Å². The van der Waals surface area contributed by atoms with Gasteiger partial charge in [-0.25, -0.2) is 0 Å². The van der Waals surface area contributed by atoms with Crippen molar-refractivity contribution in [1.82, 2.24) is 0 Å². The molecule has 5 nitrogen and oxygen atoms in total. The molecule has 6 heteroatoms. The maximum Gasteiger partial charge on any atom is 0.256 e. The number of anilines is 1. The Balaban J connectivity index is 1.91. The highest BCUT2D eigenvalue weighted by atomic mass is 32.2. The van der Waals surface area contributed by atoms with E-state index in [1.54, 1.807) is 32.4 Å². The van der Waals surface area contributed by atoms with Crippen LogP contribution in [0.25, 0.3) is 0 Å². The second-order valence-corrected chi connectivity index (χ2v) is 7.27. The molecule has 3 aromatic rings. The first kappa shape index (κ1) is 20.3. The summed E-state index contributed by atoms with van der Waals surface area (Å²) >= 11 is 1.39. The summed E-state index contributed by atoms with van der Waals surface area (Å²) in [5.41, 5.74) is 2.60. The van der Waals surface area contributed by atoms with E-state index in [0.29, 0.717) is 28.3 Å². The van der Waals surface area contributed by atoms with Crippen molar-refractivity contribution in [2.45, 2.75) is 16.7 Å². The van der Waals surface area contributed by atoms with Gasteiger partial charge in [-0.3, -0.25) is 4.79 Å². The minimum atomic E-state index is -0.238. The molecule has 1 N–H and O–H groups in total. The summed E-state index contributed by atoms with van der Waals surface area (Å²) in [5.74, 6) is 0.906. The topological polar surface area (TPSA) is 71.3 Å². The van der Waals surface area contributed by atoms with Gasteiger partial charge in [0.25, 0.3) is 5.91 Å². The number of carbonyl (C=O) groups is 1. The molecule has 3 rings (SSSR count). The number of rotatable bonds is 6. The molecule has 0 radical (unpaired) electrons. The molecule has 0 fully saturated rings. The zero-order valence-corrected chi connectivity index (χ0v) is 17.2. The highest BCUT2D eigenvalue weighted by Crippen LogP contribution is 2.35. The maximum atomic E-state index is 13.0. The molecular weight excluding hydrogens is 384 g/mol. The van der Waals surface area contributed by atoms with Gasteiger partial charge >= 0.3 is 0 Å². The summed E-state index contributed by atoms with van der Waals surface area (Å²) in [4.78, 5) is 14.6. The molecule has 3 aromatic carbocycles. The number of hydrogen-bond donors (Lipinski definition) is 1. The average Bonchev–Trinajstić information content (AvgIpc) is 2.75. The van der Waals surface area contributed by atoms with Crippen molar-refractivity contribution in [3.8, 4) is 17.6 Å². The van der Waals surface area contributed by atoms with E-state index in [9.17, 15) is 10.1 Å². The van der Waals surface area contributed by atoms with Crippen molar-refractivity contribution in [3.63, 3.8) is 0 Å². The SMILES string of the molecule is COc1cc(C)c(NC(=O)c2ccccc2Sc2ccccc2C#N)cc1OC. The first-order valence-corrected chi connectivity index (χ1v) is 9.69. The Morgan fingerprint density at radius 3 is 2.28 bits per heavy atom. The largest absolute Gasteiger partial charge is 0.493 e. The van der Waals surface area contributed by atoms with Crippen LogP contribution in [0, 0.1) is 18.3 Å². The molecular formula is C23H20N2O3S. The van der Waals surface area contributed by atoms with Gasteiger partial charge in [0, 0.05) is 21.5 Å². The summed E-state index contributed by atoms with van der Waals surface area (Å²) in [5, 5.41) is 12.3. The molecule has 0 heterocycles. The van der Waals surface area contributed by atoms with Gasteiger partial charge in [0.05, 0.1) is 25.3 Å². The van der Waals surface area contributed by atoms with Crippen LogP contribution in [0.5, 0.6) is 11.5 Å². The fourth-order valence-corrected chi connectivity index (χ4v) is 3.84. The van der Waals surface area contributed by atoms with E-state index in [-0.39, 0.29) is 5.91 Å². The van der Waals surface area contributed by atoms with E-state index in [2.05, 4.69) is 11.4 Å². The molecule has 29 heavy (non-hydrogen) atoms. The highest BCUT2D eigenvalue weighted by Gasteiger charge is 2.16. The van der Waals surface area contributed by atoms with Crippen molar-refractivity contribution in [2.24, 2.45) is 0 Å². The number of amides is 1. The average molecular weight is 404 g/mol. The van der Waals surface area contributed by atoms with Crippen LogP contribution in [-0.4, -0.2) is 20.1 Å². The molecule has 0 aliphatic carbocycles. The number of ether oxygens (including phenoxy) is 2. The van der Waals surface area contributed by atoms with Crippen molar-refractivity contribution >= 4 is 23.4 Å². The molecule has 0 saturated heterocycles. The lowest BCUT2D eigenvalue weighted by atomic mass is 10.1. The fourth-order valence-electron chi connectivity index (χ4n) is 2.81.